The zero-order valence-corrected chi connectivity index (χ0v) is 17.8. The molecule has 0 saturated carbocycles. The molecule has 0 N–H and O–H groups in total. The summed E-state index contributed by atoms with van der Waals surface area (Å²) in [5, 5.41) is 0. The predicted molar refractivity (Wildman–Crippen MR) is 107 cm³/mol. The Morgan fingerprint density at radius 1 is 0.826 bits per heavy atom. The third kappa shape index (κ3) is 15.4. The Hall–Kier alpha value is 0.150. The zero-order chi connectivity index (χ0) is 17.5. The number of carbonyl (C=O) groups is 1. The molecule has 0 aromatic rings. The van der Waals surface area contributed by atoms with E-state index in [1.54, 1.807) is 6.92 Å². The third-order valence-electron chi connectivity index (χ3n) is 5.16. The minimum Gasteiger partial charge on any atom is -0.300 e. The van der Waals surface area contributed by atoms with Crippen molar-refractivity contribution in [1.29, 1.82) is 0 Å². The van der Waals surface area contributed by atoms with Gasteiger partial charge in [0.05, 0.1) is 0 Å². The number of carbonyl (C=O) groups excluding carboxylic acids is 1. The molecule has 0 aliphatic carbocycles. The lowest BCUT2D eigenvalue weighted by Gasteiger charge is -2.22. The Labute approximate surface area is 154 Å². The van der Waals surface area contributed by atoms with Crippen LogP contribution in [0.5, 0.6) is 0 Å². The maximum absolute atomic E-state index is 10.9. The molecular weight excluding hydrogens is 348 g/mol. The van der Waals surface area contributed by atoms with E-state index >= 15 is 0 Å². The van der Waals surface area contributed by atoms with Crippen molar-refractivity contribution in [3.8, 4) is 0 Å². The van der Waals surface area contributed by atoms with Gasteiger partial charge < -0.3 is 4.79 Å². The number of unbranched alkanes of at least 4 members (excludes halogenated alkanes) is 7. The Morgan fingerprint density at radius 3 is 2.00 bits per heavy atom. The molecule has 0 saturated heterocycles. The van der Waals surface area contributed by atoms with Gasteiger partial charge >= 0.3 is 0 Å². The molecule has 0 fully saturated rings. The molecule has 0 aliphatic rings. The molecule has 0 bridgehead atoms. The second-order valence-electron chi connectivity index (χ2n) is 7.65. The average molecular weight is 389 g/mol. The summed E-state index contributed by atoms with van der Waals surface area (Å²) in [6.45, 7) is 8.84. The van der Waals surface area contributed by atoms with Crippen molar-refractivity contribution in [2.75, 3.05) is 0 Å². The third-order valence-corrected chi connectivity index (χ3v) is 5.99. The van der Waals surface area contributed by atoms with E-state index in [0.717, 1.165) is 24.7 Å². The van der Waals surface area contributed by atoms with Gasteiger partial charge in [-0.3, -0.25) is 0 Å². The van der Waals surface area contributed by atoms with Gasteiger partial charge in [-0.1, -0.05) is 94.5 Å². The summed E-state index contributed by atoms with van der Waals surface area (Å²) >= 11 is 3.90. The van der Waals surface area contributed by atoms with E-state index in [1.807, 2.05) is 0 Å². The second-order valence-corrected chi connectivity index (χ2v) is 8.94. The fraction of sp³-hybridized carbons (Fsp3) is 0.952. The first-order valence-corrected chi connectivity index (χ1v) is 11.0. The standard InChI is InChI=1S/C21H41BrO/c1-5-6-11-14-18(2)19(3)17-21(22)16-13-10-8-7-9-12-15-20(4)23/h18-19,21H,5-17H2,1-4H3. The van der Waals surface area contributed by atoms with Gasteiger partial charge in [0.2, 0.25) is 0 Å². The van der Waals surface area contributed by atoms with Crippen molar-refractivity contribution >= 4 is 21.7 Å². The fourth-order valence-corrected chi connectivity index (χ4v) is 4.11. The van der Waals surface area contributed by atoms with Crippen molar-refractivity contribution in [3.63, 3.8) is 0 Å². The summed E-state index contributed by atoms with van der Waals surface area (Å²) in [7, 11) is 0. The molecule has 0 aromatic heterocycles. The van der Waals surface area contributed by atoms with Crippen LogP contribution in [0.4, 0.5) is 0 Å². The van der Waals surface area contributed by atoms with Crippen molar-refractivity contribution < 1.29 is 4.79 Å². The lowest BCUT2D eigenvalue weighted by Crippen LogP contribution is -2.13. The highest BCUT2D eigenvalue weighted by atomic mass is 79.9. The van der Waals surface area contributed by atoms with Crippen molar-refractivity contribution in [2.45, 2.75) is 116 Å². The molecule has 0 spiro atoms. The number of halogens is 1. The first kappa shape index (κ1) is 23.1. The summed E-state index contributed by atoms with van der Waals surface area (Å²) in [4.78, 5) is 11.6. The van der Waals surface area contributed by atoms with Crippen molar-refractivity contribution in [1.82, 2.24) is 0 Å². The average Bonchev–Trinajstić information content (AvgIpc) is 2.49. The largest absolute Gasteiger partial charge is 0.300 e. The van der Waals surface area contributed by atoms with Crippen LogP contribution in [-0.4, -0.2) is 10.6 Å². The minimum absolute atomic E-state index is 0.338. The minimum atomic E-state index is 0.338. The van der Waals surface area contributed by atoms with Crippen LogP contribution in [-0.2, 0) is 4.79 Å². The molecule has 0 amide bonds. The Balaban J connectivity index is 3.51. The number of hydrogen-bond donors (Lipinski definition) is 0. The van der Waals surface area contributed by atoms with E-state index in [-0.39, 0.29) is 0 Å². The normalized spacial score (nSPS) is 15.3. The summed E-state index contributed by atoms with van der Waals surface area (Å²) in [6.07, 6.45) is 16.6. The van der Waals surface area contributed by atoms with Crippen LogP contribution in [0.15, 0.2) is 0 Å². The van der Waals surface area contributed by atoms with E-state index in [1.165, 1.54) is 70.6 Å². The Morgan fingerprint density at radius 2 is 1.39 bits per heavy atom. The van der Waals surface area contributed by atoms with Gasteiger partial charge in [0, 0.05) is 11.2 Å². The van der Waals surface area contributed by atoms with Crippen LogP contribution in [0.25, 0.3) is 0 Å². The van der Waals surface area contributed by atoms with Gasteiger partial charge in [-0.05, 0) is 38.0 Å². The van der Waals surface area contributed by atoms with Gasteiger partial charge in [-0.2, -0.15) is 0 Å². The van der Waals surface area contributed by atoms with E-state index < -0.39 is 0 Å². The van der Waals surface area contributed by atoms with Crippen LogP contribution < -0.4 is 0 Å². The first-order valence-electron chi connectivity index (χ1n) is 10.1. The SMILES string of the molecule is CCCCCC(C)C(C)CC(Br)CCCCCCCCC(C)=O. The number of alkyl halides is 1. The highest BCUT2D eigenvalue weighted by Gasteiger charge is 2.16. The van der Waals surface area contributed by atoms with Crippen LogP contribution in [0.1, 0.15) is 111 Å². The highest BCUT2D eigenvalue weighted by Crippen LogP contribution is 2.27. The number of hydrogen-bond acceptors (Lipinski definition) is 1. The molecule has 2 heteroatoms. The van der Waals surface area contributed by atoms with Crippen LogP contribution in [0.2, 0.25) is 0 Å². The summed E-state index contributed by atoms with van der Waals surface area (Å²) < 4.78 is 0. The Kier molecular flexibility index (Phi) is 15.8. The number of Topliss-reactive ketones (excluding diaryl/α,β-unsaturated/α-hetero) is 1. The summed E-state index contributed by atoms with van der Waals surface area (Å²) in [6, 6.07) is 0. The monoisotopic (exact) mass is 388 g/mol. The lowest BCUT2D eigenvalue weighted by molar-refractivity contribution is -0.117. The molecule has 138 valence electrons. The maximum Gasteiger partial charge on any atom is 0.129 e. The quantitative estimate of drug-likeness (QED) is 0.195. The molecule has 0 heterocycles. The van der Waals surface area contributed by atoms with Gasteiger partial charge in [0.25, 0.3) is 0 Å². The summed E-state index contributed by atoms with van der Waals surface area (Å²) in [5.74, 6) is 2.04. The molecule has 0 rings (SSSR count). The first-order chi connectivity index (χ1) is 11.0. The molecule has 3 atom stereocenters. The topological polar surface area (TPSA) is 17.1 Å². The van der Waals surface area contributed by atoms with Crippen LogP contribution >= 0.6 is 15.9 Å². The zero-order valence-electron chi connectivity index (χ0n) is 16.2. The van der Waals surface area contributed by atoms with Gasteiger partial charge in [0.15, 0.2) is 0 Å². The Bertz CT molecular complexity index is 277. The molecular formula is C21H41BrO. The van der Waals surface area contributed by atoms with Gasteiger partial charge in [-0.15, -0.1) is 0 Å². The molecule has 0 radical (unpaired) electrons. The van der Waals surface area contributed by atoms with E-state index in [9.17, 15) is 4.79 Å². The molecule has 23 heavy (non-hydrogen) atoms. The fourth-order valence-electron chi connectivity index (χ4n) is 3.20. The van der Waals surface area contributed by atoms with E-state index in [2.05, 4.69) is 36.7 Å². The van der Waals surface area contributed by atoms with Crippen LogP contribution in [0, 0.1) is 11.8 Å². The molecule has 3 unspecified atom stereocenters. The lowest BCUT2D eigenvalue weighted by atomic mass is 9.87. The van der Waals surface area contributed by atoms with Gasteiger partial charge in [-0.25, -0.2) is 0 Å². The second kappa shape index (κ2) is 15.7. The van der Waals surface area contributed by atoms with Crippen LogP contribution in [0.3, 0.4) is 0 Å². The highest BCUT2D eigenvalue weighted by molar-refractivity contribution is 9.09. The molecule has 0 aliphatic heterocycles. The molecule has 1 nitrogen and oxygen atoms in total. The predicted octanol–water partition coefficient (Wildman–Crippen LogP) is 7.70. The van der Waals surface area contributed by atoms with Crippen molar-refractivity contribution in [2.24, 2.45) is 11.8 Å². The maximum atomic E-state index is 10.9. The van der Waals surface area contributed by atoms with E-state index in [4.69, 9.17) is 0 Å². The van der Waals surface area contributed by atoms with Crippen molar-refractivity contribution in [3.05, 3.63) is 0 Å². The smallest absolute Gasteiger partial charge is 0.129 e. The summed E-state index contributed by atoms with van der Waals surface area (Å²) in [5.41, 5.74) is 0. The number of ketones is 1. The number of rotatable bonds is 16. The molecule has 0 aromatic carbocycles. The van der Waals surface area contributed by atoms with E-state index in [0.29, 0.717) is 10.6 Å². The van der Waals surface area contributed by atoms with Gasteiger partial charge in [0.1, 0.15) is 5.78 Å².